The van der Waals surface area contributed by atoms with Crippen LogP contribution < -0.4 is 0 Å². The molecule has 3 rings (SSSR count). The van der Waals surface area contributed by atoms with Gasteiger partial charge in [0.05, 0.1) is 12.1 Å². The maximum Gasteiger partial charge on any atom is 0.137 e. The molecule has 3 atom stereocenters. The lowest BCUT2D eigenvalue weighted by atomic mass is 9.76. The molecule has 1 fully saturated rings. The highest BCUT2D eigenvalue weighted by atomic mass is 35.5. The van der Waals surface area contributed by atoms with E-state index in [2.05, 4.69) is 36.1 Å². The lowest BCUT2D eigenvalue weighted by Crippen LogP contribution is -2.46. The summed E-state index contributed by atoms with van der Waals surface area (Å²) in [5.41, 5.74) is 0.474. The van der Waals surface area contributed by atoms with Gasteiger partial charge in [0.15, 0.2) is 0 Å². The molecule has 6 heteroatoms. The Kier molecular flexibility index (Phi) is 6.29. The molecule has 0 amide bonds. The Morgan fingerprint density at radius 1 is 1.29 bits per heavy atom. The normalized spacial score (nSPS) is 26.5. The molecule has 1 aromatic carbocycles. The third-order valence-electron chi connectivity index (χ3n) is 5.26. The Morgan fingerprint density at radius 3 is 2.58 bits per heavy atom. The van der Waals surface area contributed by atoms with Crippen molar-refractivity contribution in [1.82, 2.24) is 14.8 Å². The van der Waals surface area contributed by atoms with Crippen LogP contribution in [0.3, 0.4) is 0 Å². The van der Waals surface area contributed by atoms with Crippen molar-refractivity contribution in [3.05, 3.63) is 47.5 Å². The van der Waals surface area contributed by atoms with Gasteiger partial charge in [-0.05, 0) is 54.7 Å². The second kappa shape index (κ2) is 7.85. The number of rotatable bonds is 5. The predicted octanol–water partition coefficient (Wildman–Crippen LogP) is 4.01. The van der Waals surface area contributed by atoms with Gasteiger partial charge in [-0.25, -0.2) is 4.98 Å². The van der Waals surface area contributed by atoms with Crippen molar-refractivity contribution in [2.24, 2.45) is 17.8 Å². The van der Waals surface area contributed by atoms with Gasteiger partial charge in [-0.2, -0.15) is 5.10 Å². The van der Waals surface area contributed by atoms with Crippen molar-refractivity contribution < 1.29 is 5.11 Å². The maximum atomic E-state index is 11.6. The standard InChI is InChI=1S/C18H24ClN3O.ClH/c1-13(2)17-8-5-15(9-14-3-6-16(19)7-4-14)18(17,23)10-22-12-20-11-21-22;/h3-4,6-7,11-13,15,17,23H,5,8-10H2,1-2H3;1H. The Labute approximate surface area is 154 Å². The number of benzene rings is 1. The molecule has 132 valence electrons. The molecule has 1 saturated carbocycles. The van der Waals surface area contributed by atoms with Crippen LogP contribution in [0.4, 0.5) is 0 Å². The van der Waals surface area contributed by atoms with E-state index >= 15 is 0 Å². The summed E-state index contributed by atoms with van der Waals surface area (Å²) >= 11 is 5.98. The highest BCUT2D eigenvalue weighted by molar-refractivity contribution is 6.30. The van der Waals surface area contributed by atoms with Gasteiger partial charge in [0.25, 0.3) is 0 Å². The number of aliphatic hydroxyl groups is 1. The van der Waals surface area contributed by atoms with E-state index in [9.17, 15) is 5.11 Å². The molecule has 3 unspecified atom stereocenters. The van der Waals surface area contributed by atoms with Gasteiger partial charge in [-0.3, -0.25) is 4.68 Å². The summed E-state index contributed by atoms with van der Waals surface area (Å²) in [5.74, 6) is 0.947. The first-order chi connectivity index (χ1) is 11.0. The SMILES string of the molecule is CC(C)C1CCC(Cc2ccc(Cl)cc2)C1(O)Cn1cncn1.Cl. The van der Waals surface area contributed by atoms with Crippen molar-refractivity contribution in [2.45, 2.75) is 45.3 Å². The summed E-state index contributed by atoms with van der Waals surface area (Å²) in [6.07, 6.45) is 6.17. The second-order valence-corrected chi connectivity index (χ2v) is 7.48. The van der Waals surface area contributed by atoms with E-state index in [4.69, 9.17) is 11.6 Å². The van der Waals surface area contributed by atoms with Crippen molar-refractivity contribution >= 4 is 24.0 Å². The minimum atomic E-state index is -0.749. The first kappa shape index (κ1) is 19.2. The summed E-state index contributed by atoms with van der Waals surface area (Å²) in [4.78, 5) is 4.01. The van der Waals surface area contributed by atoms with Gasteiger partial charge >= 0.3 is 0 Å². The van der Waals surface area contributed by atoms with Crippen LogP contribution >= 0.6 is 24.0 Å². The van der Waals surface area contributed by atoms with Gasteiger partial charge in [0.1, 0.15) is 12.7 Å². The van der Waals surface area contributed by atoms with E-state index in [1.54, 1.807) is 11.0 Å². The molecule has 0 radical (unpaired) electrons. The minimum absolute atomic E-state index is 0. The lowest BCUT2D eigenvalue weighted by Gasteiger charge is -2.37. The van der Waals surface area contributed by atoms with E-state index in [1.807, 2.05) is 12.1 Å². The van der Waals surface area contributed by atoms with Crippen molar-refractivity contribution in [3.8, 4) is 0 Å². The molecule has 1 heterocycles. The third kappa shape index (κ3) is 3.93. The largest absolute Gasteiger partial charge is 0.387 e. The fraction of sp³-hybridized carbons (Fsp3) is 0.556. The summed E-state index contributed by atoms with van der Waals surface area (Å²) < 4.78 is 1.76. The topological polar surface area (TPSA) is 50.9 Å². The number of halogens is 2. The van der Waals surface area contributed by atoms with E-state index in [-0.39, 0.29) is 24.2 Å². The van der Waals surface area contributed by atoms with Crippen LogP contribution in [0.1, 0.15) is 32.3 Å². The number of nitrogens with zero attached hydrogens (tertiary/aromatic N) is 3. The molecule has 24 heavy (non-hydrogen) atoms. The van der Waals surface area contributed by atoms with Crippen LogP contribution in [0.2, 0.25) is 5.02 Å². The van der Waals surface area contributed by atoms with E-state index < -0.39 is 5.60 Å². The fourth-order valence-electron chi connectivity index (χ4n) is 4.10. The molecule has 1 aromatic heterocycles. The Bertz CT molecular complexity index is 630. The highest BCUT2D eigenvalue weighted by Gasteiger charge is 2.50. The minimum Gasteiger partial charge on any atom is -0.387 e. The zero-order valence-electron chi connectivity index (χ0n) is 14.1. The first-order valence-electron chi connectivity index (χ1n) is 8.28. The highest BCUT2D eigenvalue weighted by Crippen LogP contribution is 2.46. The van der Waals surface area contributed by atoms with Crippen LogP contribution in [0.5, 0.6) is 0 Å². The number of hydrogen-bond donors (Lipinski definition) is 1. The van der Waals surface area contributed by atoms with Crippen molar-refractivity contribution in [2.75, 3.05) is 0 Å². The van der Waals surface area contributed by atoms with Crippen LogP contribution in [0.15, 0.2) is 36.9 Å². The molecule has 0 bridgehead atoms. The monoisotopic (exact) mass is 369 g/mol. The van der Waals surface area contributed by atoms with Crippen LogP contribution in [0.25, 0.3) is 0 Å². The zero-order chi connectivity index (χ0) is 16.4. The summed E-state index contributed by atoms with van der Waals surface area (Å²) in [6, 6.07) is 7.95. The van der Waals surface area contributed by atoms with Crippen LogP contribution in [0, 0.1) is 17.8 Å². The third-order valence-corrected chi connectivity index (χ3v) is 5.51. The van der Waals surface area contributed by atoms with Gasteiger partial charge < -0.3 is 5.11 Å². The Balaban J connectivity index is 0.00000208. The second-order valence-electron chi connectivity index (χ2n) is 7.04. The van der Waals surface area contributed by atoms with Crippen LogP contribution in [-0.4, -0.2) is 25.5 Å². The zero-order valence-corrected chi connectivity index (χ0v) is 15.7. The average molecular weight is 370 g/mol. The quantitative estimate of drug-likeness (QED) is 0.865. The number of hydrogen-bond acceptors (Lipinski definition) is 3. The lowest BCUT2D eigenvalue weighted by molar-refractivity contribution is -0.0667. The van der Waals surface area contributed by atoms with E-state index in [0.717, 1.165) is 24.3 Å². The molecule has 0 saturated heterocycles. The summed E-state index contributed by atoms with van der Waals surface area (Å²) in [5, 5.41) is 16.5. The van der Waals surface area contributed by atoms with Crippen molar-refractivity contribution in [1.29, 1.82) is 0 Å². The van der Waals surface area contributed by atoms with Gasteiger partial charge in [0, 0.05) is 5.02 Å². The van der Waals surface area contributed by atoms with Crippen LogP contribution in [-0.2, 0) is 13.0 Å². The smallest absolute Gasteiger partial charge is 0.137 e. The predicted molar refractivity (Wildman–Crippen MR) is 98.4 cm³/mol. The van der Waals surface area contributed by atoms with E-state index in [0.29, 0.717) is 12.5 Å². The molecule has 1 aliphatic carbocycles. The Hall–Kier alpha value is -1.10. The number of aromatic nitrogens is 3. The maximum absolute atomic E-state index is 11.6. The first-order valence-corrected chi connectivity index (χ1v) is 8.66. The van der Waals surface area contributed by atoms with Gasteiger partial charge in [-0.1, -0.05) is 37.6 Å². The fourth-order valence-corrected chi connectivity index (χ4v) is 4.22. The molecule has 4 nitrogen and oxygen atoms in total. The summed E-state index contributed by atoms with van der Waals surface area (Å²) in [6.45, 7) is 4.90. The molecule has 1 N–H and O–H groups in total. The Morgan fingerprint density at radius 2 is 2.00 bits per heavy atom. The molecule has 0 spiro atoms. The molecular formula is C18H25Cl2N3O. The van der Waals surface area contributed by atoms with Gasteiger partial charge in [-0.15, -0.1) is 12.4 Å². The molecule has 2 aromatic rings. The molecule has 1 aliphatic rings. The summed E-state index contributed by atoms with van der Waals surface area (Å²) in [7, 11) is 0. The molecular weight excluding hydrogens is 345 g/mol. The average Bonchev–Trinajstić information content (AvgIpc) is 3.10. The molecule has 0 aliphatic heterocycles. The van der Waals surface area contributed by atoms with E-state index in [1.165, 1.54) is 11.9 Å². The van der Waals surface area contributed by atoms with Crippen molar-refractivity contribution in [3.63, 3.8) is 0 Å². The van der Waals surface area contributed by atoms with Gasteiger partial charge in [0.2, 0.25) is 0 Å².